The van der Waals surface area contributed by atoms with E-state index in [0.717, 1.165) is 12.1 Å². The number of nitrogens with one attached hydrogen (secondary N) is 1. The summed E-state index contributed by atoms with van der Waals surface area (Å²) in [6.45, 7) is 2.38. The second-order valence-corrected chi connectivity index (χ2v) is 17.2. The molecule has 3 aromatic heterocycles. The molecule has 3 aliphatic carbocycles. The van der Waals surface area contributed by atoms with Gasteiger partial charge in [-0.1, -0.05) is 23.6 Å². The smallest absolute Gasteiger partial charge is 0.382 e. The van der Waals surface area contributed by atoms with Gasteiger partial charge in [0.1, 0.15) is 29.6 Å². The van der Waals surface area contributed by atoms with Gasteiger partial charge in [0.2, 0.25) is 5.91 Å². The Labute approximate surface area is 333 Å². The van der Waals surface area contributed by atoms with Crippen molar-refractivity contribution in [2.45, 2.75) is 74.9 Å². The first-order valence-corrected chi connectivity index (χ1v) is 19.5. The van der Waals surface area contributed by atoms with E-state index in [-0.39, 0.29) is 40.6 Å². The number of rotatable bonds is 9. The van der Waals surface area contributed by atoms with Gasteiger partial charge in [-0.05, 0) is 87.3 Å². The number of nitrogens with two attached hydrogens (primary N) is 1. The standard InChI is InChI=1S/C39H33ClF7N7O3S/c1-36(2,37(10-11-37)58(56)57)9-8-21-4-5-22(23-6-7-26(40)30-32(23)53(3)52-35(30)48)31(49-21)27(14-18-12-19(41)15-20(42)13-18)50-28(55)17-54-34-29(33(51-54)39(45,46)47)24-16-25(24)38(34,43)44/h4-7,12-13,15,24-25,27H,10-11,14,16-17H2,1-3H3,(H2,48,52)(H,50,55)(H,56,57)/t24-,25+,27-/m0/s1. The third kappa shape index (κ3) is 6.60. The van der Waals surface area contributed by atoms with Crippen LogP contribution in [0.2, 0.25) is 5.02 Å². The van der Waals surface area contributed by atoms with Crippen LogP contribution in [0.3, 0.4) is 0 Å². The summed E-state index contributed by atoms with van der Waals surface area (Å²) in [5, 5.41) is 11.1. The predicted molar refractivity (Wildman–Crippen MR) is 200 cm³/mol. The number of hydrogen-bond donors (Lipinski definition) is 3. The number of carbonyl (C=O) groups is 1. The SMILES string of the molecule is Cn1nc(N)c2c(Cl)ccc(-c3ccc(C#CC(C)(C)C4(S(=O)O)CC4)nc3[C@H](Cc3cc(F)cc(F)c3)NC(=O)Cn3nc(C(F)(F)F)c4c3C(F)(F)[C@@H]3C[C@H]43)c21. The van der Waals surface area contributed by atoms with Crippen LogP contribution >= 0.6 is 11.6 Å². The lowest BCUT2D eigenvalue weighted by atomic mass is 9.87. The van der Waals surface area contributed by atoms with E-state index < -0.39 is 92.3 Å². The van der Waals surface area contributed by atoms with Gasteiger partial charge in [-0.15, -0.1) is 0 Å². The van der Waals surface area contributed by atoms with Crippen molar-refractivity contribution in [3.63, 3.8) is 0 Å². The molecule has 2 fully saturated rings. The molecule has 58 heavy (non-hydrogen) atoms. The van der Waals surface area contributed by atoms with Crippen LogP contribution in [-0.2, 0) is 48.0 Å². The zero-order valence-electron chi connectivity index (χ0n) is 30.8. The van der Waals surface area contributed by atoms with E-state index in [1.807, 2.05) is 0 Å². The molecule has 2 saturated carbocycles. The van der Waals surface area contributed by atoms with Crippen molar-refractivity contribution in [1.29, 1.82) is 0 Å². The average molecular weight is 848 g/mol. The van der Waals surface area contributed by atoms with Crippen molar-refractivity contribution in [2.24, 2.45) is 18.4 Å². The Balaban J connectivity index is 1.27. The zero-order valence-corrected chi connectivity index (χ0v) is 32.4. The minimum Gasteiger partial charge on any atom is -0.382 e. The van der Waals surface area contributed by atoms with Crippen LogP contribution in [0.4, 0.5) is 36.6 Å². The first kappa shape index (κ1) is 39.8. The number of fused-ring (bicyclic) bond motifs is 4. The summed E-state index contributed by atoms with van der Waals surface area (Å²) in [5.41, 5.74) is 3.54. The maximum Gasteiger partial charge on any atom is 0.435 e. The number of carbonyl (C=O) groups excluding carboxylic acids is 1. The molecule has 3 aliphatic rings. The van der Waals surface area contributed by atoms with Crippen molar-refractivity contribution in [3.05, 3.63) is 93.0 Å². The lowest BCUT2D eigenvalue weighted by molar-refractivity contribution is -0.142. The van der Waals surface area contributed by atoms with Gasteiger partial charge in [-0.25, -0.2) is 18.0 Å². The van der Waals surface area contributed by atoms with Crippen molar-refractivity contribution in [3.8, 4) is 23.0 Å². The molecule has 0 spiro atoms. The average Bonchev–Trinajstić information content (AvgIpc) is 4.03. The number of nitrogen functional groups attached to an aromatic ring is 1. The van der Waals surface area contributed by atoms with Gasteiger partial charge >= 0.3 is 6.18 Å². The number of aryl methyl sites for hydroxylation is 1. The second kappa shape index (κ2) is 13.5. The van der Waals surface area contributed by atoms with E-state index >= 15 is 8.78 Å². The van der Waals surface area contributed by atoms with Crippen LogP contribution in [0.25, 0.3) is 22.0 Å². The second-order valence-electron chi connectivity index (χ2n) is 15.5. The minimum atomic E-state index is -5.07. The fraction of sp³-hybridized carbons (Fsp3) is 0.385. The van der Waals surface area contributed by atoms with Gasteiger partial charge in [0.05, 0.1) is 32.4 Å². The van der Waals surface area contributed by atoms with Gasteiger partial charge < -0.3 is 15.6 Å². The molecule has 0 bridgehead atoms. The molecule has 5 aromatic rings. The van der Waals surface area contributed by atoms with E-state index in [2.05, 4.69) is 27.4 Å². The third-order valence-electron chi connectivity index (χ3n) is 11.4. The molecule has 4 atom stereocenters. The molecule has 8 rings (SSSR count). The molecule has 0 saturated heterocycles. The molecule has 3 heterocycles. The number of benzene rings is 2. The summed E-state index contributed by atoms with van der Waals surface area (Å²) in [4.78, 5) is 18.8. The molecule has 0 aliphatic heterocycles. The topological polar surface area (TPSA) is 141 Å². The maximum atomic E-state index is 15.4. The summed E-state index contributed by atoms with van der Waals surface area (Å²) in [5.74, 6) is -2.89. The molecule has 10 nitrogen and oxygen atoms in total. The van der Waals surface area contributed by atoms with Crippen LogP contribution in [0.1, 0.15) is 79.0 Å². The molecule has 304 valence electrons. The van der Waals surface area contributed by atoms with E-state index in [0.29, 0.717) is 45.6 Å². The van der Waals surface area contributed by atoms with E-state index in [1.54, 1.807) is 45.2 Å². The summed E-state index contributed by atoms with van der Waals surface area (Å²) in [7, 11) is 1.61. The first-order valence-electron chi connectivity index (χ1n) is 18.0. The van der Waals surface area contributed by atoms with Crippen molar-refractivity contribution in [2.75, 3.05) is 5.73 Å². The van der Waals surface area contributed by atoms with E-state index in [4.69, 9.17) is 22.3 Å². The van der Waals surface area contributed by atoms with E-state index in [9.17, 15) is 35.5 Å². The Morgan fingerprint density at radius 1 is 1.10 bits per heavy atom. The summed E-state index contributed by atoms with van der Waals surface area (Å²) >= 11 is 4.34. The number of alkyl halides is 5. The van der Waals surface area contributed by atoms with Crippen LogP contribution in [0.5, 0.6) is 0 Å². The highest BCUT2D eigenvalue weighted by Crippen LogP contribution is 2.68. The summed E-state index contributed by atoms with van der Waals surface area (Å²) in [6, 6.07) is 7.68. The van der Waals surface area contributed by atoms with Crippen molar-refractivity contribution in [1.82, 2.24) is 29.9 Å². The molecule has 19 heteroatoms. The number of amides is 1. The Morgan fingerprint density at radius 3 is 2.41 bits per heavy atom. The predicted octanol–water partition coefficient (Wildman–Crippen LogP) is 7.81. The number of aromatic nitrogens is 5. The minimum absolute atomic E-state index is 0.0336. The Bertz CT molecular complexity index is 2620. The quantitative estimate of drug-likeness (QED) is 0.0782. The molecule has 1 amide bonds. The molecular formula is C39H33ClF7N7O3S. The first-order chi connectivity index (χ1) is 27.1. The maximum absolute atomic E-state index is 15.4. The third-order valence-corrected chi connectivity index (χ3v) is 13.3. The highest BCUT2D eigenvalue weighted by atomic mass is 35.5. The monoisotopic (exact) mass is 847 g/mol. The number of pyridine rings is 1. The van der Waals surface area contributed by atoms with E-state index in [1.165, 1.54) is 4.68 Å². The molecule has 0 radical (unpaired) electrons. The molecule has 4 N–H and O–H groups in total. The van der Waals surface area contributed by atoms with Crippen LogP contribution in [0, 0.1) is 34.8 Å². The van der Waals surface area contributed by atoms with Crippen molar-refractivity contribution < 1.29 is 44.3 Å². The Kier molecular flexibility index (Phi) is 9.29. The van der Waals surface area contributed by atoms with Crippen LogP contribution in [-0.4, -0.2) is 44.0 Å². The lowest BCUT2D eigenvalue weighted by Crippen LogP contribution is -2.35. The van der Waals surface area contributed by atoms with Gasteiger partial charge in [0, 0.05) is 41.1 Å². The Morgan fingerprint density at radius 2 is 1.78 bits per heavy atom. The number of hydrogen-bond acceptors (Lipinski definition) is 6. The Hall–Kier alpha value is -4.99. The largest absolute Gasteiger partial charge is 0.435 e. The molecule has 2 aromatic carbocycles. The normalized spacial score (nSPS) is 19.9. The number of halogens is 8. The number of anilines is 1. The van der Waals surface area contributed by atoms with Gasteiger partial charge in [0.15, 0.2) is 22.6 Å². The highest BCUT2D eigenvalue weighted by molar-refractivity contribution is 7.81. The highest BCUT2D eigenvalue weighted by Gasteiger charge is 2.68. The van der Waals surface area contributed by atoms with Gasteiger partial charge in [-0.3, -0.25) is 14.2 Å². The van der Waals surface area contributed by atoms with Crippen LogP contribution in [0.15, 0.2) is 42.5 Å². The molecule has 1 unspecified atom stereocenters. The van der Waals surface area contributed by atoms with Crippen LogP contribution < -0.4 is 11.1 Å². The summed E-state index contributed by atoms with van der Waals surface area (Å²) < 4.78 is 125. The summed E-state index contributed by atoms with van der Waals surface area (Å²) in [6.07, 6.45) is -4.64. The van der Waals surface area contributed by atoms with Gasteiger partial charge in [-0.2, -0.15) is 32.1 Å². The van der Waals surface area contributed by atoms with Gasteiger partial charge in [0.25, 0.3) is 5.92 Å². The lowest BCUT2D eigenvalue weighted by Gasteiger charge is -2.26. The number of nitrogens with zero attached hydrogens (tertiary/aromatic N) is 5. The fourth-order valence-corrected chi connectivity index (χ4v) is 9.47. The van der Waals surface area contributed by atoms with Crippen molar-refractivity contribution >= 4 is 45.3 Å². The zero-order chi connectivity index (χ0) is 41.9. The molecular weight excluding hydrogens is 815 g/mol. The fourth-order valence-electron chi connectivity index (χ4n) is 8.28.